The van der Waals surface area contributed by atoms with Crippen molar-refractivity contribution in [1.29, 1.82) is 0 Å². The Labute approximate surface area is 94.7 Å². The third kappa shape index (κ3) is 2.36. The van der Waals surface area contributed by atoms with Crippen LogP contribution in [0.5, 0.6) is 0 Å². The highest BCUT2D eigenvalue weighted by Gasteiger charge is 2.34. The Morgan fingerprint density at radius 1 is 1.38 bits per heavy atom. The normalized spacial score (nSPS) is 19.1. The lowest BCUT2D eigenvalue weighted by molar-refractivity contribution is -0.126. The summed E-state index contributed by atoms with van der Waals surface area (Å²) in [7, 11) is 0. The van der Waals surface area contributed by atoms with E-state index in [1.54, 1.807) is 12.4 Å². The molecule has 0 bridgehead atoms. The van der Waals surface area contributed by atoms with Gasteiger partial charge >= 0.3 is 0 Å². The van der Waals surface area contributed by atoms with Crippen molar-refractivity contribution in [3.8, 4) is 0 Å². The number of anilines is 1. The summed E-state index contributed by atoms with van der Waals surface area (Å²) in [5.41, 5.74) is 0.383. The highest BCUT2D eigenvalue weighted by Crippen LogP contribution is 2.29. The molecule has 0 atom stereocenters. The van der Waals surface area contributed by atoms with Gasteiger partial charge in [-0.3, -0.25) is 4.79 Å². The first-order chi connectivity index (χ1) is 7.71. The molecule has 2 rings (SSSR count). The van der Waals surface area contributed by atoms with E-state index >= 15 is 0 Å². The van der Waals surface area contributed by atoms with E-state index in [4.69, 9.17) is 0 Å². The minimum absolute atomic E-state index is 0.0591. The number of hydrogen-bond acceptors (Lipinski definition) is 4. The van der Waals surface area contributed by atoms with E-state index in [-0.39, 0.29) is 11.3 Å². The largest absolute Gasteiger partial charge is 0.323 e. The fourth-order valence-electron chi connectivity index (χ4n) is 1.85. The molecule has 0 aromatic carbocycles. The zero-order valence-electron chi connectivity index (χ0n) is 9.36. The molecule has 1 saturated heterocycles. The van der Waals surface area contributed by atoms with Crippen molar-refractivity contribution in [2.75, 3.05) is 18.4 Å². The highest BCUT2D eigenvalue weighted by atomic mass is 16.2. The Kier molecular flexibility index (Phi) is 3.14. The second kappa shape index (κ2) is 4.57. The quantitative estimate of drug-likeness (QED) is 0.773. The SMILES string of the molecule is CC1(C(=O)Nc2cncnc2)CCNCC1. The van der Waals surface area contributed by atoms with Crippen LogP contribution in [0.25, 0.3) is 0 Å². The van der Waals surface area contributed by atoms with E-state index in [2.05, 4.69) is 20.6 Å². The van der Waals surface area contributed by atoms with Gasteiger partial charge in [0.1, 0.15) is 6.33 Å². The summed E-state index contributed by atoms with van der Waals surface area (Å²) in [6.45, 7) is 3.80. The first-order valence-corrected chi connectivity index (χ1v) is 5.48. The molecule has 1 aliphatic heterocycles. The van der Waals surface area contributed by atoms with Crippen molar-refractivity contribution in [3.63, 3.8) is 0 Å². The van der Waals surface area contributed by atoms with Gasteiger partial charge < -0.3 is 10.6 Å². The van der Waals surface area contributed by atoms with Gasteiger partial charge in [0, 0.05) is 5.41 Å². The maximum Gasteiger partial charge on any atom is 0.230 e. The fourth-order valence-corrected chi connectivity index (χ4v) is 1.85. The van der Waals surface area contributed by atoms with Crippen LogP contribution in [-0.2, 0) is 4.79 Å². The molecule has 1 aliphatic rings. The lowest BCUT2D eigenvalue weighted by Crippen LogP contribution is -2.42. The number of aromatic nitrogens is 2. The van der Waals surface area contributed by atoms with Gasteiger partial charge in [0.05, 0.1) is 18.1 Å². The first kappa shape index (κ1) is 11.0. The van der Waals surface area contributed by atoms with Gasteiger partial charge in [-0.2, -0.15) is 0 Å². The van der Waals surface area contributed by atoms with Gasteiger partial charge in [-0.15, -0.1) is 0 Å². The second-order valence-electron chi connectivity index (χ2n) is 4.39. The molecule has 1 amide bonds. The molecule has 0 radical (unpaired) electrons. The summed E-state index contributed by atoms with van der Waals surface area (Å²) in [6.07, 6.45) is 6.39. The summed E-state index contributed by atoms with van der Waals surface area (Å²) in [4.78, 5) is 19.8. The smallest absolute Gasteiger partial charge is 0.230 e. The molecule has 2 heterocycles. The number of hydrogen-bond donors (Lipinski definition) is 2. The fraction of sp³-hybridized carbons (Fsp3) is 0.545. The Bertz CT molecular complexity index is 360. The Hall–Kier alpha value is -1.49. The van der Waals surface area contributed by atoms with E-state index in [1.165, 1.54) is 6.33 Å². The Morgan fingerprint density at radius 2 is 2.00 bits per heavy atom. The predicted octanol–water partition coefficient (Wildman–Crippen LogP) is 0.805. The van der Waals surface area contributed by atoms with Crippen molar-refractivity contribution in [2.24, 2.45) is 5.41 Å². The Balaban J connectivity index is 2.02. The molecule has 16 heavy (non-hydrogen) atoms. The van der Waals surface area contributed by atoms with Crippen molar-refractivity contribution in [3.05, 3.63) is 18.7 Å². The average Bonchev–Trinajstić information content (AvgIpc) is 2.31. The topological polar surface area (TPSA) is 66.9 Å². The molecule has 0 spiro atoms. The summed E-state index contributed by atoms with van der Waals surface area (Å²) in [5.74, 6) is 0.0591. The van der Waals surface area contributed by atoms with Crippen LogP contribution in [-0.4, -0.2) is 29.0 Å². The summed E-state index contributed by atoms with van der Waals surface area (Å²) < 4.78 is 0. The van der Waals surface area contributed by atoms with Gasteiger partial charge in [-0.25, -0.2) is 9.97 Å². The first-order valence-electron chi connectivity index (χ1n) is 5.48. The van der Waals surface area contributed by atoms with Gasteiger partial charge in [0.2, 0.25) is 5.91 Å². The average molecular weight is 220 g/mol. The van der Waals surface area contributed by atoms with Crippen LogP contribution >= 0.6 is 0 Å². The van der Waals surface area contributed by atoms with Crippen LogP contribution in [0.2, 0.25) is 0 Å². The summed E-state index contributed by atoms with van der Waals surface area (Å²) in [6, 6.07) is 0. The van der Waals surface area contributed by atoms with Crippen molar-refractivity contribution in [1.82, 2.24) is 15.3 Å². The lowest BCUT2D eigenvalue weighted by Gasteiger charge is -2.32. The van der Waals surface area contributed by atoms with Gasteiger partial charge in [-0.1, -0.05) is 6.92 Å². The van der Waals surface area contributed by atoms with E-state index in [0.29, 0.717) is 5.69 Å². The van der Waals surface area contributed by atoms with Crippen LogP contribution < -0.4 is 10.6 Å². The number of amides is 1. The van der Waals surface area contributed by atoms with Crippen LogP contribution in [0, 0.1) is 5.41 Å². The van der Waals surface area contributed by atoms with Crippen LogP contribution in [0.3, 0.4) is 0 Å². The maximum atomic E-state index is 12.1. The maximum absolute atomic E-state index is 12.1. The number of piperidine rings is 1. The lowest BCUT2D eigenvalue weighted by atomic mass is 9.80. The number of carbonyl (C=O) groups excluding carboxylic acids is 1. The summed E-state index contributed by atoms with van der Waals surface area (Å²) >= 11 is 0. The molecule has 0 unspecified atom stereocenters. The Morgan fingerprint density at radius 3 is 2.62 bits per heavy atom. The van der Waals surface area contributed by atoms with E-state index < -0.39 is 0 Å². The van der Waals surface area contributed by atoms with Crippen molar-refractivity contribution >= 4 is 11.6 Å². The van der Waals surface area contributed by atoms with Gasteiger partial charge in [-0.05, 0) is 25.9 Å². The molecule has 1 fully saturated rings. The van der Waals surface area contributed by atoms with E-state index in [0.717, 1.165) is 25.9 Å². The molecule has 0 saturated carbocycles. The molecular formula is C11H16N4O. The van der Waals surface area contributed by atoms with Crippen LogP contribution in [0.1, 0.15) is 19.8 Å². The highest BCUT2D eigenvalue weighted by molar-refractivity contribution is 5.94. The monoisotopic (exact) mass is 220 g/mol. The summed E-state index contributed by atoms with van der Waals surface area (Å²) in [5, 5.41) is 6.11. The van der Waals surface area contributed by atoms with Gasteiger partial charge in [0.25, 0.3) is 0 Å². The zero-order chi connectivity index (χ0) is 11.4. The van der Waals surface area contributed by atoms with Crippen LogP contribution in [0.4, 0.5) is 5.69 Å². The van der Waals surface area contributed by atoms with Crippen LogP contribution in [0.15, 0.2) is 18.7 Å². The standard InChI is InChI=1S/C11H16N4O/c1-11(2-4-12-5-3-11)10(16)15-9-6-13-8-14-7-9/h6-8,12H,2-5H2,1H3,(H,15,16). The zero-order valence-corrected chi connectivity index (χ0v) is 9.36. The molecule has 1 aromatic heterocycles. The molecule has 5 heteroatoms. The molecular weight excluding hydrogens is 204 g/mol. The van der Waals surface area contributed by atoms with E-state index in [9.17, 15) is 4.79 Å². The second-order valence-corrected chi connectivity index (χ2v) is 4.39. The number of carbonyl (C=O) groups is 1. The molecule has 2 N–H and O–H groups in total. The minimum Gasteiger partial charge on any atom is -0.323 e. The third-order valence-electron chi connectivity index (χ3n) is 3.07. The molecule has 0 aliphatic carbocycles. The molecule has 86 valence electrons. The van der Waals surface area contributed by atoms with E-state index in [1.807, 2.05) is 6.92 Å². The number of nitrogens with one attached hydrogen (secondary N) is 2. The van der Waals surface area contributed by atoms with Crippen molar-refractivity contribution < 1.29 is 4.79 Å². The molecule has 5 nitrogen and oxygen atoms in total. The predicted molar refractivity (Wildman–Crippen MR) is 60.9 cm³/mol. The minimum atomic E-state index is -0.277. The molecule has 1 aromatic rings. The van der Waals surface area contributed by atoms with Gasteiger partial charge in [0.15, 0.2) is 0 Å². The number of nitrogens with zero attached hydrogens (tertiary/aromatic N) is 2. The van der Waals surface area contributed by atoms with Crippen molar-refractivity contribution in [2.45, 2.75) is 19.8 Å². The number of rotatable bonds is 2. The third-order valence-corrected chi connectivity index (χ3v) is 3.07.